The third kappa shape index (κ3) is 3.58. The second-order valence-corrected chi connectivity index (χ2v) is 7.47. The van der Waals surface area contributed by atoms with Crippen LogP contribution in [0, 0.1) is 6.92 Å². The van der Waals surface area contributed by atoms with Gasteiger partial charge in [-0.3, -0.25) is 14.8 Å². The van der Waals surface area contributed by atoms with E-state index >= 15 is 0 Å². The van der Waals surface area contributed by atoms with Crippen LogP contribution in [0.15, 0.2) is 39.6 Å². The minimum atomic E-state index is -3.28. The number of amides is 1. The van der Waals surface area contributed by atoms with E-state index in [2.05, 4.69) is 20.6 Å². The minimum Gasteiger partial charge on any atom is -0.403 e. The lowest BCUT2D eigenvalue weighted by Gasteiger charge is -2.00. The Labute approximate surface area is 143 Å². The lowest BCUT2D eigenvalue weighted by molar-refractivity contribution is 0.101. The van der Waals surface area contributed by atoms with Gasteiger partial charge in [-0.05, 0) is 37.3 Å². The molecule has 1 aromatic carbocycles. The Morgan fingerprint density at radius 3 is 2.44 bits per heavy atom. The first-order chi connectivity index (χ1) is 11.7. The Kier molecular flexibility index (Phi) is 4.13. The summed E-state index contributed by atoms with van der Waals surface area (Å²) >= 11 is 0. The molecule has 0 fully saturated rings. The summed E-state index contributed by atoms with van der Waals surface area (Å²) in [5.74, 6) is -0.262. The molecule has 1 amide bonds. The summed E-state index contributed by atoms with van der Waals surface area (Å²) in [7, 11) is -1.62. The van der Waals surface area contributed by atoms with Crippen molar-refractivity contribution in [2.45, 2.75) is 11.8 Å². The smallest absolute Gasteiger partial charge is 0.322 e. The lowest BCUT2D eigenvalue weighted by atomic mass is 10.2. The summed E-state index contributed by atoms with van der Waals surface area (Å²) < 4.78 is 29.8. The van der Waals surface area contributed by atoms with E-state index in [1.165, 1.54) is 16.8 Å². The molecule has 130 valence electrons. The summed E-state index contributed by atoms with van der Waals surface area (Å²) in [6, 6.07) is 7.58. The van der Waals surface area contributed by atoms with E-state index in [1.54, 1.807) is 32.2 Å². The second kappa shape index (κ2) is 6.13. The first kappa shape index (κ1) is 16.8. The van der Waals surface area contributed by atoms with Crippen LogP contribution in [0.4, 0.5) is 6.01 Å². The number of nitrogens with one attached hydrogen (secondary N) is 1. The van der Waals surface area contributed by atoms with Crippen molar-refractivity contribution in [1.82, 2.24) is 20.0 Å². The summed E-state index contributed by atoms with van der Waals surface area (Å²) in [6.07, 6.45) is 1.13. The van der Waals surface area contributed by atoms with Crippen molar-refractivity contribution < 1.29 is 17.6 Å². The maximum atomic E-state index is 12.2. The number of carbonyl (C=O) groups is 1. The molecular weight excluding hydrogens is 346 g/mol. The van der Waals surface area contributed by atoms with E-state index in [4.69, 9.17) is 4.42 Å². The van der Waals surface area contributed by atoms with Gasteiger partial charge in [0.2, 0.25) is 5.89 Å². The van der Waals surface area contributed by atoms with Gasteiger partial charge in [-0.25, -0.2) is 8.42 Å². The highest BCUT2D eigenvalue weighted by atomic mass is 32.2. The topological polar surface area (TPSA) is 120 Å². The van der Waals surface area contributed by atoms with E-state index in [0.29, 0.717) is 17.0 Å². The van der Waals surface area contributed by atoms with Crippen molar-refractivity contribution in [3.63, 3.8) is 0 Å². The van der Waals surface area contributed by atoms with Gasteiger partial charge in [0.15, 0.2) is 9.84 Å². The number of rotatable bonds is 4. The van der Waals surface area contributed by atoms with Gasteiger partial charge in [0.1, 0.15) is 5.69 Å². The number of aryl methyl sites for hydroxylation is 2. The monoisotopic (exact) mass is 361 g/mol. The number of hydrogen-bond acceptors (Lipinski definition) is 7. The van der Waals surface area contributed by atoms with Crippen LogP contribution in [-0.4, -0.2) is 40.6 Å². The van der Waals surface area contributed by atoms with Crippen molar-refractivity contribution in [3.8, 4) is 11.5 Å². The Morgan fingerprint density at radius 1 is 1.20 bits per heavy atom. The number of sulfone groups is 1. The molecule has 3 aromatic rings. The molecule has 0 radical (unpaired) electrons. The van der Waals surface area contributed by atoms with Gasteiger partial charge in [0.05, 0.1) is 10.6 Å². The Morgan fingerprint density at radius 2 is 1.88 bits per heavy atom. The lowest BCUT2D eigenvalue weighted by Crippen LogP contribution is -2.16. The molecule has 3 rings (SSSR count). The zero-order valence-corrected chi connectivity index (χ0v) is 14.5. The molecular formula is C15H15N5O4S. The van der Waals surface area contributed by atoms with Crippen LogP contribution in [-0.2, 0) is 16.9 Å². The van der Waals surface area contributed by atoms with Gasteiger partial charge < -0.3 is 4.42 Å². The van der Waals surface area contributed by atoms with E-state index in [1.807, 2.05) is 0 Å². The highest BCUT2D eigenvalue weighted by Crippen LogP contribution is 2.22. The van der Waals surface area contributed by atoms with Crippen molar-refractivity contribution in [1.29, 1.82) is 0 Å². The molecule has 2 heterocycles. The fourth-order valence-electron chi connectivity index (χ4n) is 2.22. The molecule has 25 heavy (non-hydrogen) atoms. The minimum absolute atomic E-state index is 0.0638. The first-order valence-electron chi connectivity index (χ1n) is 7.20. The largest absolute Gasteiger partial charge is 0.403 e. The van der Waals surface area contributed by atoms with Crippen molar-refractivity contribution in [2.24, 2.45) is 7.05 Å². The van der Waals surface area contributed by atoms with E-state index in [9.17, 15) is 13.2 Å². The Balaban J connectivity index is 1.78. The van der Waals surface area contributed by atoms with Gasteiger partial charge in [0, 0.05) is 18.9 Å². The molecule has 0 spiro atoms. The van der Waals surface area contributed by atoms with Crippen LogP contribution in [0.25, 0.3) is 11.5 Å². The summed E-state index contributed by atoms with van der Waals surface area (Å²) in [5.41, 5.74) is 1.61. The van der Waals surface area contributed by atoms with Gasteiger partial charge in [-0.2, -0.15) is 5.10 Å². The predicted octanol–water partition coefficient (Wildman–Crippen LogP) is 1.43. The molecule has 0 unspecified atom stereocenters. The highest BCUT2D eigenvalue weighted by Gasteiger charge is 2.16. The highest BCUT2D eigenvalue weighted by molar-refractivity contribution is 7.90. The fourth-order valence-corrected chi connectivity index (χ4v) is 2.85. The average Bonchev–Trinajstić information content (AvgIpc) is 3.13. The molecule has 0 saturated heterocycles. The molecule has 0 saturated carbocycles. The Hall–Kier alpha value is -3.01. The van der Waals surface area contributed by atoms with E-state index in [0.717, 1.165) is 6.26 Å². The fraction of sp³-hybridized carbons (Fsp3) is 0.200. The molecule has 0 aliphatic carbocycles. The first-order valence-corrected chi connectivity index (χ1v) is 9.09. The molecule has 0 aliphatic heterocycles. The molecule has 9 nitrogen and oxygen atoms in total. The van der Waals surface area contributed by atoms with Crippen LogP contribution in [0.2, 0.25) is 0 Å². The molecule has 0 bridgehead atoms. The number of carbonyl (C=O) groups excluding carboxylic acids is 1. The van der Waals surface area contributed by atoms with Gasteiger partial charge >= 0.3 is 6.01 Å². The van der Waals surface area contributed by atoms with Crippen molar-refractivity contribution in [3.05, 3.63) is 41.7 Å². The maximum absolute atomic E-state index is 12.2. The quantitative estimate of drug-likeness (QED) is 0.746. The van der Waals surface area contributed by atoms with E-state index < -0.39 is 15.7 Å². The molecule has 1 N–H and O–H groups in total. The Bertz CT molecular complexity index is 1030. The number of anilines is 1. The number of aromatic nitrogens is 4. The van der Waals surface area contributed by atoms with Crippen LogP contribution < -0.4 is 5.32 Å². The summed E-state index contributed by atoms with van der Waals surface area (Å²) in [5, 5.41) is 14.2. The van der Waals surface area contributed by atoms with Crippen LogP contribution >= 0.6 is 0 Å². The second-order valence-electron chi connectivity index (χ2n) is 5.46. The zero-order valence-electron chi connectivity index (χ0n) is 13.7. The predicted molar refractivity (Wildman–Crippen MR) is 88.7 cm³/mol. The number of benzene rings is 1. The van der Waals surface area contributed by atoms with Gasteiger partial charge in [-0.1, -0.05) is 5.10 Å². The van der Waals surface area contributed by atoms with Gasteiger partial charge in [0.25, 0.3) is 5.91 Å². The molecule has 2 aromatic heterocycles. The SMILES string of the molecule is Cc1cc(C(=O)Nc2nnc(-c3ccc(S(C)(=O)=O)cc3)o2)n(C)n1. The normalized spacial score (nSPS) is 11.5. The molecule has 10 heteroatoms. The average molecular weight is 361 g/mol. The van der Waals surface area contributed by atoms with Gasteiger partial charge in [-0.15, -0.1) is 5.10 Å². The summed E-state index contributed by atoms with van der Waals surface area (Å²) in [6.45, 7) is 1.78. The van der Waals surface area contributed by atoms with Crippen molar-refractivity contribution in [2.75, 3.05) is 11.6 Å². The van der Waals surface area contributed by atoms with Crippen molar-refractivity contribution >= 4 is 21.8 Å². The third-order valence-electron chi connectivity index (χ3n) is 3.41. The molecule has 0 aliphatic rings. The molecule has 0 atom stereocenters. The number of hydrogen-bond donors (Lipinski definition) is 1. The number of nitrogens with zero attached hydrogens (tertiary/aromatic N) is 4. The van der Waals surface area contributed by atoms with E-state index in [-0.39, 0.29) is 16.8 Å². The standard InChI is InChI=1S/C15H15N5O4S/c1-9-8-12(20(2)19-9)13(21)16-15-18-17-14(24-15)10-4-6-11(7-5-10)25(3,22)23/h4-8H,1-3H3,(H,16,18,21). The summed E-state index contributed by atoms with van der Waals surface area (Å²) in [4.78, 5) is 12.4. The third-order valence-corrected chi connectivity index (χ3v) is 4.54. The maximum Gasteiger partial charge on any atom is 0.322 e. The van der Waals surface area contributed by atoms with Crippen LogP contribution in [0.1, 0.15) is 16.2 Å². The van der Waals surface area contributed by atoms with Crippen LogP contribution in [0.3, 0.4) is 0 Å². The zero-order chi connectivity index (χ0) is 18.2. The van der Waals surface area contributed by atoms with Crippen LogP contribution in [0.5, 0.6) is 0 Å².